The van der Waals surface area contributed by atoms with Gasteiger partial charge in [-0.05, 0) is 53.1 Å². The molecule has 0 aliphatic carbocycles. The van der Waals surface area contributed by atoms with Crippen molar-refractivity contribution < 1.29 is 4.79 Å². The van der Waals surface area contributed by atoms with Gasteiger partial charge in [-0.1, -0.05) is 262 Å². The molecule has 11 rings (SSSR count). The summed E-state index contributed by atoms with van der Waals surface area (Å²) in [5, 5.41) is 31.7. The number of benzene rings is 5. The van der Waals surface area contributed by atoms with Crippen LogP contribution >= 0.6 is 108 Å². The Morgan fingerprint density at radius 1 is 0.604 bits per heavy atom. The van der Waals surface area contributed by atoms with Crippen molar-refractivity contribution in [2.45, 2.75) is 54.1 Å². The van der Waals surface area contributed by atoms with Crippen LogP contribution in [0.5, 0.6) is 0 Å². The molecule has 0 radical (unpaired) electrons. The highest BCUT2D eigenvalue weighted by Crippen LogP contribution is 2.37. The Kier molecular flexibility index (Phi) is 33.4. The van der Waals surface area contributed by atoms with Crippen LogP contribution in [0.15, 0.2) is 161 Å². The molecule has 0 atom stereocenters. The standard InChI is InChI=1S/C14H16ClN5SSi.C11H8ClN5S.C9H6ClN5S.C9H7N5S.C8H6BrN3O.C5H10Si.CH4N2S.2CH4/c1-22(2,3)11-8-20(19-18-11)10-6-4-9(5-7-10)12-13(15)21-14(16)17-12;12-10-9(15-11(13)18-10)7-1-3-8(4-2-7)17-6-5-14-16-17;10-8-7(13-9(11)16-8)5-1-3-6(4-2-5)14-15-12;10-9-12-8(5-15-9)6-1-3-7(4-2-6)13-14-11;9-5-8(13)6-1-3-7(4-2-6)11-12-10;1-5-6(2,3)4;2-1(3)4;;/h4-8H,1-3H3,(H2,16,17);1-6H,(H2,13,15);1-4H,(H2,11,13);1-5H,(H2,10,12);1-4H,5H2;1H,2-4H3;(H4,2,3,4);2*1H4. The normalized spacial score (nSPS) is 9.97. The Morgan fingerprint density at radius 2 is 0.969 bits per heavy atom. The van der Waals surface area contributed by atoms with E-state index in [2.05, 4.69) is 155 Å². The fraction of sp³-hybridized carbons (Fsp3) is 0.153. The highest BCUT2D eigenvalue weighted by molar-refractivity contribution is 9.09. The maximum absolute atomic E-state index is 11.1. The van der Waals surface area contributed by atoms with Crippen molar-refractivity contribution in [1.29, 1.82) is 0 Å². The number of nitrogens with two attached hydrogens (primary N) is 6. The number of carbonyl (C=O) groups is 1. The first-order chi connectivity index (χ1) is 44.6. The molecule has 0 saturated carbocycles. The first-order valence-corrected chi connectivity index (χ1v) is 39.7. The van der Waals surface area contributed by atoms with Crippen LogP contribution in [-0.4, -0.2) is 82.3 Å². The second-order valence-electron chi connectivity index (χ2n) is 20.4. The van der Waals surface area contributed by atoms with Crippen LogP contribution in [0.25, 0.3) is 87.7 Å². The Morgan fingerprint density at radius 3 is 1.26 bits per heavy atom. The summed E-state index contributed by atoms with van der Waals surface area (Å²) in [6, 6.07) is 36.2. The van der Waals surface area contributed by atoms with Gasteiger partial charge in [-0.15, -0.1) is 33.5 Å². The average Bonchev–Trinajstić information content (AvgIpc) is 1.67. The third kappa shape index (κ3) is 26.5. The quantitative estimate of drug-likeness (QED) is 0.00967. The molecule has 498 valence electrons. The maximum atomic E-state index is 11.1. The van der Waals surface area contributed by atoms with E-state index >= 15 is 0 Å². The molecule has 6 aromatic heterocycles. The van der Waals surface area contributed by atoms with Gasteiger partial charge in [0.2, 0.25) is 0 Å². The molecule has 0 aliphatic rings. The largest absolute Gasteiger partial charge is 0.377 e. The minimum atomic E-state index is -1.45. The van der Waals surface area contributed by atoms with E-state index in [1.165, 1.54) is 45.3 Å². The van der Waals surface area contributed by atoms with Crippen molar-refractivity contribution in [3.8, 4) is 68.4 Å². The number of Topliss-reactive ketones (excluding diaryl/α,β-unsaturated/α-hetero) is 1. The minimum Gasteiger partial charge on any atom is -0.377 e. The third-order valence-electron chi connectivity index (χ3n) is 11.4. The minimum absolute atomic E-state index is 0. The van der Waals surface area contributed by atoms with Crippen LogP contribution in [0.4, 0.5) is 37.6 Å². The summed E-state index contributed by atoms with van der Waals surface area (Å²) in [4.78, 5) is 35.9. The van der Waals surface area contributed by atoms with Crippen LogP contribution in [0.3, 0.4) is 0 Å². The summed E-state index contributed by atoms with van der Waals surface area (Å²) in [6.45, 7) is 13.2. The topological polar surface area (TPSA) is 432 Å². The molecule has 96 heavy (non-hydrogen) atoms. The lowest BCUT2D eigenvalue weighted by atomic mass is 10.1. The van der Waals surface area contributed by atoms with Crippen molar-refractivity contribution in [1.82, 2.24) is 49.9 Å². The molecule has 0 saturated heterocycles. The molecule has 5 aromatic carbocycles. The number of carbonyl (C=O) groups excluding carboxylic acids is 1. The van der Waals surface area contributed by atoms with E-state index in [9.17, 15) is 4.79 Å². The number of thiocarbonyl (C=S) groups is 1. The Balaban J connectivity index is 0.000000303. The third-order valence-corrected chi connectivity index (χ3v) is 18.4. The predicted molar refractivity (Wildman–Crippen MR) is 413 cm³/mol. The van der Waals surface area contributed by atoms with Gasteiger partial charge in [0.15, 0.2) is 31.4 Å². The van der Waals surface area contributed by atoms with E-state index in [1.807, 2.05) is 72.2 Å². The van der Waals surface area contributed by atoms with E-state index in [0.717, 1.165) is 50.3 Å². The number of nitrogen functional groups attached to an aromatic ring is 4. The molecule has 6 heterocycles. The lowest BCUT2D eigenvalue weighted by molar-refractivity contribution is 0.102. The van der Waals surface area contributed by atoms with E-state index in [4.69, 9.17) is 80.8 Å². The zero-order valence-electron chi connectivity index (χ0n) is 50.6. The number of rotatable bonds is 12. The van der Waals surface area contributed by atoms with Crippen LogP contribution in [-0.2, 0) is 0 Å². The molecule has 0 spiro atoms. The molecule has 0 amide bonds. The Hall–Kier alpha value is -9.27. The summed E-state index contributed by atoms with van der Waals surface area (Å²) >= 11 is 30.5. The molecule has 0 unspecified atom stereocenters. The smallest absolute Gasteiger partial charge is 0.182 e. The number of anilines is 4. The molecular weight excluding hydrogens is 1480 g/mol. The number of hydrogen-bond acceptors (Lipinski definition) is 21. The molecular formula is C59H65BrCl3N25OS5Si2. The first kappa shape index (κ1) is 81.0. The molecule has 26 nitrogen and oxygen atoms in total. The van der Waals surface area contributed by atoms with Crippen molar-refractivity contribution in [2.75, 3.05) is 28.3 Å². The molecule has 0 aliphatic heterocycles. The summed E-state index contributed by atoms with van der Waals surface area (Å²) in [5.74, 6) is 0.00693. The van der Waals surface area contributed by atoms with E-state index in [-0.39, 0.29) is 25.7 Å². The summed E-state index contributed by atoms with van der Waals surface area (Å²) in [7, 11) is -2.55. The number of terminal acetylenes is 1. The fourth-order valence-electron chi connectivity index (χ4n) is 6.86. The van der Waals surface area contributed by atoms with Crippen LogP contribution < -0.4 is 39.7 Å². The lowest BCUT2D eigenvalue weighted by Gasteiger charge is -2.09. The number of aromatic nitrogens is 10. The second-order valence-corrected chi connectivity index (χ2v) is 37.0. The highest BCUT2D eigenvalue weighted by atomic mass is 79.9. The van der Waals surface area contributed by atoms with Crippen LogP contribution in [0.2, 0.25) is 52.3 Å². The van der Waals surface area contributed by atoms with Gasteiger partial charge in [-0.3, -0.25) is 4.79 Å². The van der Waals surface area contributed by atoms with Crippen molar-refractivity contribution in [3.63, 3.8) is 0 Å². The highest BCUT2D eigenvalue weighted by Gasteiger charge is 2.21. The fourth-order valence-corrected chi connectivity index (χ4v) is 11.5. The summed E-state index contributed by atoms with van der Waals surface area (Å²) < 4.78 is 5.23. The summed E-state index contributed by atoms with van der Waals surface area (Å²) in [5.41, 5.74) is 69.7. The molecule has 11 aromatic rings. The zero-order chi connectivity index (χ0) is 69.1. The molecule has 0 fully saturated rings. The first-order valence-electron chi connectivity index (χ1n) is 26.7. The van der Waals surface area contributed by atoms with E-state index < -0.39 is 16.1 Å². The van der Waals surface area contributed by atoms with Crippen molar-refractivity contribution in [2.24, 2.45) is 26.8 Å². The lowest BCUT2D eigenvalue weighted by Crippen LogP contribution is -2.38. The predicted octanol–water partition coefficient (Wildman–Crippen LogP) is 18.3. The number of alkyl halides is 1. The summed E-state index contributed by atoms with van der Waals surface area (Å²) in [6.07, 6.45) is 10.5. The van der Waals surface area contributed by atoms with Gasteiger partial charge in [0.1, 0.15) is 46.2 Å². The van der Waals surface area contributed by atoms with E-state index in [0.29, 0.717) is 72.9 Å². The molecule has 0 bridgehead atoms. The number of nitrogens with zero attached hydrogens (tertiary/aromatic N) is 19. The molecule has 12 N–H and O–H groups in total. The van der Waals surface area contributed by atoms with Crippen molar-refractivity contribution in [3.05, 3.63) is 195 Å². The second kappa shape index (κ2) is 39.6. The average molecular weight is 1540 g/mol. The number of ketones is 1. The number of azide groups is 3. The van der Waals surface area contributed by atoms with Gasteiger partial charge in [-0.2, -0.15) is 0 Å². The number of halogens is 4. The van der Waals surface area contributed by atoms with Gasteiger partial charge in [0.25, 0.3) is 0 Å². The number of thiazole rings is 4. The van der Waals surface area contributed by atoms with Gasteiger partial charge >= 0.3 is 0 Å². The van der Waals surface area contributed by atoms with Gasteiger partial charge in [-0.25, -0.2) is 29.3 Å². The maximum Gasteiger partial charge on any atom is 0.182 e. The van der Waals surface area contributed by atoms with Gasteiger partial charge in [0, 0.05) is 71.2 Å². The zero-order valence-corrected chi connectivity index (χ0v) is 60.5. The van der Waals surface area contributed by atoms with Gasteiger partial charge < -0.3 is 34.4 Å². The Labute approximate surface area is 600 Å². The Bertz CT molecular complexity index is 4450. The number of hydrogen-bond donors (Lipinski definition) is 6. The van der Waals surface area contributed by atoms with Crippen LogP contribution in [0.1, 0.15) is 25.2 Å². The van der Waals surface area contributed by atoms with Gasteiger partial charge in [0.05, 0.1) is 40.1 Å². The monoisotopic (exact) mass is 1540 g/mol. The molecule has 37 heteroatoms. The van der Waals surface area contributed by atoms with Crippen molar-refractivity contribution >= 4 is 178 Å². The SMILES string of the molecule is C.C.C#C[Si](C)(C)C.C[Si](C)(C)c1cn(-c2ccc(-c3nc(N)sc3Cl)cc2)nn1.NC(N)=S.Nc1nc(-c2ccc(-n3ccnn3)cc2)c(Cl)s1.[N-]=[N+]=Nc1ccc(-c2csc(N)n2)cc1.[N-]=[N+]=Nc1ccc(-c2nc(N)sc2Cl)cc1.[N-]=[N+]=Nc1ccc(C(=O)CBr)cc1. The van der Waals surface area contributed by atoms with Crippen LogP contribution in [0, 0.1) is 12.0 Å². The van der Waals surface area contributed by atoms with E-state index in [1.54, 1.807) is 82.4 Å².